The molecule has 0 aliphatic carbocycles. The van der Waals surface area contributed by atoms with E-state index in [0.717, 1.165) is 0 Å². The maximum absolute atomic E-state index is 2.58. The van der Waals surface area contributed by atoms with E-state index in [1.165, 1.54) is 78.3 Å². The van der Waals surface area contributed by atoms with Crippen molar-refractivity contribution < 1.29 is 0 Å². The zero-order valence-electron chi connectivity index (χ0n) is 12.3. The molecule has 2 rings (SSSR count). The number of hydrogen-bond donors (Lipinski definition) is 0. The first-order chi connectivity index (χ1) is 8.74. The Balaban J connectivity index is 1.40. The molecule has 0 saturated carbocycles. The number of hydrogen-bond acceptors (Lipinski definition) is 4. The van der Waals surface area contributed by atoms with E-state index in [1.807, 2.05) is 0 Å². The minimum absolute atomic E-state index is 1.18. The maximum Gasteiger partial charge on any atom is 0.0504 e. The van der Waals surface area contributed by atoms with Gasteiger partial charge in [-0.15, -0.1) is 0 Å². The lowest BCUT2D eigenvalue weighted by Crippen LogP contribution is -2.24. The van der Waals surface area contributed by atoms with E-state index in [4.69, 9.17) is 0 Å². The molecular formula is C14H30N4. The fourth-order valence-electron chi connectivity index (χ4n) is 2.98. The molecule has 2 aliphatic rings. The van der Waals surface area contributed by atoms with Crippen LogP contribution >= 0.6 is 0 Å². The summed E-state index contributed by atoms with van der Waals surface area (Å²) in [7, 11) is 4.43. The summed E-state index contributed by atoms with van der Waals surface area (Å²) < 4.78 is 0. The molecule has 0 aromatic heterocycles. The third-order valence-electron chi connectivity index (χ3n) is 4.18. The van der Waals surface area contributed by atoms with Crippen LogP contribution < -0.4 is 0 Å². The second kappa shape index (κ2) is 7.43. The first-order valence-corrected chi connectivity index (χ1v) is 7.56. The molecule has 2 heterocycles. The highest BCUT2D eigenvalue weighted by molar-refractivity contribution is 4.69. The summed E-state index contributed by atoms with van der Waals surface area (Å²) in [6, 6.07) is 0. The highest BCUT2D eigenvalue weighted by Gasteiger charge is 2.16. The van der Waals surface area contributed by atoms with Gasteiger partial charge in [0, 0.05) is 26.2 Å². The van der Waals surface area contributed by atoms with Crippen LogP contribution in [0.5, 0.6) is 0 Å². The van der Waals surface area contributed by atoms with E-state index < -0.39 is 0 Å². The molecule has 0 radical (unpaired) electrons. The largest absolute Gasteiger partial charge is 0.292 e. The summed E-state index contributed by atoms with van der Waals surface area (Å²) in [5, 5.41) is 0. The Bertz CT molecular complexity index is 210. The predicted molar refractivity (Wildman–Crippen MR) is 76.6 cm³/mol. The molecule has 0 amide bonds. The SMILES string of the molecule is CN1CCN(CCCCCCN2CCN(C)C2)C1. The molecule has 0 unspecified atom stereocenters. The van der Waals surface area contributed by atoms with E-state index in [1.54, 1.807) is 0 Å². The summed E-state index contributed by atoms with van der Waals surface area (Å²) in [5.41, 5.74) is 0. The zero-order chi connectivity index (χ0) is 12.8. The first kappa shape index (κ1) is 14.3. The van der Waals surface area contributed by atoms with Crippen molar-refractivity contribution in [1.82, 2.24) is 19.6 Å². The molecule has 0 aromatic rings. The molecule has 0 spiro atoms. The van der Waals surface area contributed by atoms with Crippen molar-refractivity contribution in [2.75, 3.05) is 66.7 Å². The number of nitrogens with zero attached hydrogens (tertiary/aromatic N) is 4. The van der Waals surface area contributed by atoms with Crippen molar-refractivity contribution in [3.8, 4) is 0 Å². The topological polar surface area (TPSA) is 13.0 Å². The Hall–Kier alpha value is -0.160. The standard InChI is InChI=1S/C14H30N4/c1-15-9-11-17(13-15)7-5-3-4-6-8-18-12-10-16(2)14-18/h3-14H2,1-2H3. The number of unbranched alkanes of at least 4 members (excludes halogenated alkanes) is 3. The molecule has 4 nitrogen and oxygen atoms in total. The van der Waals surface area contributed by atoms with Gasteiger partial charge in [0.15, 0.2) is 0 Å². The molecule has 18 heavy (non-hydrogen) atoms. The van der Waals surface area contributed by atoms with Crippen LogP contribution in [0.1, 0.15) is 25.7 Å². The van der Waals surface area contributed by atoms with Crippen molar-refractivity contribution in [3.05, 3.63) is 0 Å². The fraction of sp³-hybridized carbons (Fsp3) is 1.00. The highest BCUT2D eigenvalue weighted by atomic mass is 15.4. The van der Waals surface area contributed by atoms with Gasteiger partial charge in [0.25, 0.3) is 0 Å². The minimum Gasteiger partial charge on any atom is -0.292 e. The van der Waals surface area contributed by atoms with Crippen molar-refractivity contribution >= 4 is 0 Å². The molecule has 4 heteroatoms. The quantitative estimate of drug-likeness (QED) is 0.627. The average Bonchev–Trinajstić information content (AvgIpc) is 2.93. The van der Waals surface area contributed by atoms with Crippen LogP contribution in [0.4, 0.5) is 0 Å². The van der Waals surface area contributed by atoms with Crippen LogP contribution in [-0.2, 0) is 0 Å². The van der Waals surface area contributed by atoms with E-state index in [9.17, 15) is 0 Å². The molecule has 0 N–H and O–H groups in total. The van der Waals surface area contributed by atoms with Crippen molar-refractivity contribution in [1.29, 1.82) is 0 Å². The second-order valence-corrected chi connectivity index (χ2v) is 6.09. The van der Waals surface area contributed by atoms with Gasteiger partial charge in [0.2, 0.25) is 0 Å². The maximum atomic E-state index is 2.58. The summed E-state index contributed by atoms with van der Waals surface area (Å²) >= 11 is 0. The van der Waals surface area contributed by atoms with Gasteiger partial charge in [-0.1, -0.05) is 12.8 Å². The van der Waals surface area contributed by atoms with Crippen LogP contribution in [0.2, 0.25) is 0 Å². The van der Waals surface area contributed by atoms with Gasteiger partial charge in [-0.3, -0.25) is 19.6 Å². The molecular weight excluding hydrogens is 224 g/mol. The molecule has 2 fully saturated rings. The minimum atomic E-state index is 1.18. The van der Waals surface area contributed by atoms with Crippen molar-refractivity contribution in [2.45, 2.75) is 25.7 Å². The van der Waals surface area contributed by atoms with Gasteiger partial charge < -0.3 is 0 Å². The average molecular weight is 254 g/mol. The van der Waals surface area contributed by atoms with E-state index in [0.29, 0.717) is 0 Å². The number of rotatable bonds is 7. The summed E-state index contributed by atoms with van der Waals surface area (Å²) in [5.74, 6) is 0. The summed E-state index contributed by atoms with van der Waals surface area (Å²) in [6.07, 6.45) is 5.58. The Kier molecular flexibility index (Phi) is 5.89. The van der Waals surface area contributed by atoms with Gasteiger partial charge in [0.05, 0.1) is 13.3 Å². The smallest absolute Gasteiger partial charge is 0.0504 e. The Morgan fingerprint density at radius 2 is 1.06 bits per heavy atom. The molecule has 2 saturated heterocycles. The van der Waals surface area contributed by atoms with Crippen LogP contribution in [0.15, 0.2) is 0 Å². The predicted octanol–water partition coefficient (Wildman–Crippen LogP) is 0.957. The van der Waals surface area contributed by atoms with Crippen LogP contribution in [0.3, 0.4) is 0 Å². The fourth-order valence-corrected chi connectivity index (χ4v) is 2.98. The van der Waals surface area contributed by atoms with Gasteiger partial charge in [0.1, 0.15) is 0 Å². The third kappa shape index (κ3) is 4.84. The van der Waals surface area contributed by atoms with Crippen molar-refractivity contribution in [2.24, 2.45) is 0 Å². The van der Waals surface area contributed by atoms with Crippen LogP contribution in [-0.4, -0.2) is 86.3 Å². The second-order valence-electron chi connectivity index (χ2n) is 6.09. The first-order valence-electron chi connectivity index (χ1n) is 7.56. The molecule has 2 aliphatic heterocycles. The Morgan fingerprint density at radius 1 is 0.611 bits per heavy atom. The van der Waals surface area contributed by atoms with Gasteiger partial charge in [-0.2, -0.15) is 0 Å². The van der Waals surface area contributed by atoms with Gasteiger partial charge >= 0.3 is 0 Å². The van der Waals surface area contributed by atoms with E-state index >= 15 is 0 Å². The zero-order valence-corrected chi connectivity index (χ0v) is 12.3. The molecule has 0 atom stereocenters. The van der Waals surface area contributed by atoms with E-state index in [2.05, 4.69) is 33.7 Å². The third-order valence-corrected chi connectivity index (χ3v) is 4.18. The van der Waals surface area contributed by atoms with Crippen molar-refractivity contribution in [3.63, 3.8) is 0 Å². The normalized spacial score (nSPS) is 24.3. The monoisotopic (exact) mass is 254 g/mol. The molecule has 106 valence electrons. The lowest BCUT2D eigenvalue weighted by molar-refractivity contribution is 0.260. The van der Waals surface area contributed by atoms with Gasteiger partial charge in [-0.05, 0) is 40.0 Å². The lowest BCUT2D eigenvalue weighted by atomic mass is 10.2. The van der Waals surface area contributed by atoms with Crippen LogP contribution in [0.25, 0.3) is 0 Å². The van der Waals surface area contributed by atoms with E-state index in [-0.39, 0.29) is 0 Å². The number of likely N-dealkylation sites (N-methyl/N-ethyl adjacent to an activating group) is 2. The molecule has 0 aromatic carbocycles. The Labute approximate surface area is 113 Å². The Morgan fingerprint density at radius 3 is 1.39 bits per heavy atom. The summed E-state index contributed by atoms with van der Waals surface area (Å²) in [6.45, 7) is 10.0. The molecule has 0 bridgehead atoms. The lowest BCUT2D eigenvalue weighted by Gasteiger charge is -2.16. The van der Waals surface area contributed by atoms with Crippen LogP contribution in [0, 0.1) is 0 Å². The highest BCUT2D eigenvalue weighted by Crippen LogP contribution is 2.08. The summed E-state index contributed by atoms with van der Waals surface area (Å²) in [4.78, 5) is 9.97. The van der Waals surface area contributed by atoms with Gasteiger partial charge in [-0.25, -0.2) is 0 Å².